The van der Waals surface area contributed by atoms with Crippen LogP contribution in [0.1, 0.15) is 56.5 Å². The van der Waals surface area contributed by atoms with Crippen LogP contribution in [-0.4, -0.2) is 29.8 Å². The molecule has 0 aliphatic heterocycles. The summed E-state index contributed by atoms with van der Waals surface area (Å²) in [5.74, 6) is 2.58. The average Bonchev–Trinajstić information content (AvgIpc) is 3.14. The maximum Gasteiger partial charge on any atom is 0.213 e. The van der Waals surface area contributed by atoms with E-state index in [0.717, 1.165) is 42.4 Å². The highest BCUT2D eigenvalue weighted by Crippen LogP contribution is 2.22. The van der Waals surface area contributed by atoms with Crippen molar-refractivity contribution in [3.63, 3.8) is 0 Å². The number of methoxy groups -OCH3 is 1. The zero-order valence-electron chi connectivity index (χ0n) is 16.1. The van der Waals surface area contributed by atoms with Crippen LogP contribution >= 0.6 is 0 Å². The maximum atomic E-state index is 5.45. The zero-order chi connectivity index (χ0) is 18.8. The van der Waals surface area contributed by atoms with E-state index in [1.54, 1.807) is 13.3 Å². The Kier molecular flexibility index (Phi) is 7.92. The SMILES string of the molecule is CCNC(=NCc1ccnc(OC)c1)NCc1cc(C(CC)CC)no1. The van der Waals surface area contributed by atoms with E-state index in [9.17, 15) is 0 Å². The summed E-state index contributed by atoms with van der Waals surface area (Å²) in [7, 11) is 1.61. The second-order valence-electron chi connectivity index (χ2n) is 5.99. The van der Waals surface area contributed by atoms with Gasteiger partial charge in [0.2, 0.25) is 5.88 Å². The monoisotopic (exact) mass is 359 g/mol. The van der Waals surface area contributed by atoms with Gasteiger partial charge in [-0.15, -0.1) is 0 Å². The molecule has 2 heterocycles. The molecule has 2 aromatic rings. The largest absolute Gasteiger partial charge is 0.481 e. The van der Waals surface area contributed by atoms with E-state index in [4.69, 9.17) is 9.26 Å². The van der Waals surface area contributed by atoms with E-state index >= 15 is 0 Å². The fourth-order valence-corrected chi connectivity index (χ4v) is 2.65. The first-order valence-electron chi connectivity index (χ1n) is 9.16. The summed E-state index contributed by atoms with van der Waals surface area (Å²) in [5, 5.41) is 10.7. The van der Waals surface area contributed by atoms with Crippen LogP contribution < -0.4 is 15.4 Å². The first kappa shape index (κ1) is 19.8. The Bertz CT molecular complexity index is 695. The second-order valence-corrected chi connectivity index (χ2v) is 5.99. The van der Waals surface area contributed by atoms with Gasteiger partial charge in [-0.2, -0.15) is 0 Å². The fourth-order valence-electron chi connectivity index (χ4n) is 2.65. The van der Waals surface area contributed by atoms with Crippen molar-refractivity contribution in [2.24, 2.45) is 4.99 Å². The summed E-state index contributed by atoms with van der Waals surface area (Å²) in [5.41, 5.74) is 2.06. The van der Waals surface area contributed by atoms with Gasteiger partial charge in [-0.3, -0.25) is 0 Å². The Morgan fingerprint density at radius 1 is 1.23 bits per heavy atom. The molecule has 2 rings (SSSR count). The van der Waals surface area contributed by atoms with E-state index in [0.29, 0.717) is 24.9 Å². The third kappa shape index (κ3) is 5.75. The number of hydrogen-bond acceptors (Lipinski definition) is 5. The highest BCUT2D eigenvalue weighted by molar-refractivity contribution is 5.79. The lowest BCUT2D eigenvalue weighted by molar-refractivity contribution is 0.368. The fraction of sp³-hybridized carbons (Fsp3) is 0.526. The van der Waals surface area contributed by atoms with Gasteiger partial charge in [-0.05, 0) is 31.4 Å². The molecule has 7 nitrogen and oxygen atoms in total. The van der Waals surface area contributed by atoms with Gasteiger partial charge in [0.25, 0.3) is 0 Å². The Morgan fingerprint density at radius 2 is 2.04 bits per heavy atom. The van der Waals surface area contributed by atoms with E-state index in [2.05, 4.69) is 39.6 Å². The van der Waals surface area contributed by atoms with Crippen molar-refractivity contribution in [2.75, 3.05) is 13.7 Å². The summed E-state index contributed by atoms with van der Waals surface area (Å²) in [6.45, 7) is 8.23. The molecule has 142 valence electrons. The lowest BCUT2D eigenvalue weighted by atomic mass is 9.99. The molecule has 0 atom stereocenters. The maximum absolute atomic E-state index is 5.45. The molecular formula is C19H29N5O2. The predicted octanol–water partition coefficient (Wildman–Crippen LogP) is 3.24. The molecule has 0 saturated carbocycles. The number of rotatable bonds is 9. The summed E-state index contributed by atoms with van der Waals surface area (Å²) >= 11 is 0. The van der Waals surface area contributed by atoms with Gasteiger partial charge in [0.1, 0.15) is 0 Å². The summed E-state index contributed by atoms with van der Waals surface area (Å²) in [6.07, 6.45) is 3.85. The molecule has 0 bridgehead atoms. The van der Waals surface area contributed by atoms with Crippen molar-refractivity contribution in [3.05, 3.63) is 41.4 Å². The van der Waals surface area contributed by atoms with Crippen LogP contribution in [-0.2, 0) is 13.1 Å². The van der Waals surface area contributed by atoms with Crippen LogP contribution in [0.25, 0.3) is 0 Å². The van der Waals surface area contributed by atoms with Crippen LogP contribution in [0.4, 0.5) is 0 Å². The molecule has 0 amide bonds. The lowest BCUT2D eigenvalue weighted by Gasteiger charge is -2.10. The molecule has 7 heteroatoms. The van der Waals surface area contributed by atoms with Crippen LogP contribution in [0.2, 0.25) is 0 Å². The average molecular weight is 359 g/mol. The molecule has 0 aromatic carbocycles. The first-order valence-corrected chi connectivity index (χ1v) is 9.16. The molecule has 0 unspecified atom stereocenters. The van der Waals surface area contributed by atoms with Crippen molar-refractivity contribution in [1.29, 1.82) is 0 Å². The molecule has 0 aliphatic rings. The molecule has 0 fully saturated rings. The highest BCUT2D eigenvalue weighted by Gasteiger charge is 2.13. The van der Waals surface area contributed by atoms with Gasteiger partial charge in [-0.1, -0.05) is 19.0 Å². The first-order chi connectivity index (χ1) is 12.7. The minimum atomic E-state index is 0.455. The molecule has 0 aliphatic carbocycles. The number of hydrogen-bond donors (Lipinski definition) is 2. The van der Waals surface area contributed by atoms with Crippen molar-refractivity contribution in [2.45, 2.75) is 52.6 Å². The van der Waals surface area contributed by atoms with Gasteiger partial charge in [-0.25, -0.2) is 9.98 Å². The summed E-state index contributed by atoms with van der Waals surface area (Å²) < 4.78 is 10.6. The number of pyridine rings is 1. The number of nitrogens with zero attached hydrogens (tertiary/aromatic N) is 3. The molecule has 0 spiro atoms. The van der Waals surface area contributed by atoms with Crippen LogP contribution in [0.15, 0.2) is 33.9 Å². The topological polar surface area (TPSA) is 84.6 Å². The number of aromatic nitrogens is 2. The van der Waals surface area contributed by atoms with Gasteiger partial charge in [0, 0.05) is 30.8 Å². The number of nitrogens with one attached hydrogen (secondary N) is 2. The second kappa shape index (κ2) is 10.4. The molecule has 2 aromatic heterocycles. The van der Waals surface area contributed by atoms with Crippen LogP contribution in [0.5, 0.6) is 5.88 Å². The standard InChI is InChI=1S/C19H29N5O2/c1-5-15(6-2)17-11-16(26-24-17)13-23-19(20-7-3)22-12-14-8-9-21-18(10-14)25-4/h8-11,15H,5-7,12-13H2,1-4H3,(H2,20,22,23). The molecule has 2 N–H and O–H groups in total. The quantitative estimate of drug-likeness (QED) is 0.528. The van der Waals surface area contributed by atoms with E-state index in [-0.39, 0.29) is 0 Å². The van der Waals surface area contributed by atoms with Gasteiger partial charge < -0.3 is 19.9 Å². The van der Waals surface area contributed by atoms with Crippen LogP contribution in [0.3, 0.4) is 0 Å². The third-order valence-electron chi connectivity index (χ3n) is 4.18. The smallest absolute Gasteiger partial charge is 0.213 e. The Morgan fingerprint density at radius 3 is 2.73 bits per heavy atom. The molecule has 0 radical (unpaired) electrons. The molecular weight excluding hydrogens is 330 g/mol. The predicted molar refractivity (Wildman–Crippen MR) is 102 cm³/mol. The van der Waals surface area contributed by atoms with E-state index < -0.39 is 0 Å². The summed E-state index contributed by atoms with van der Waals surface area (Å²) in [4.78, 5) is 8.70. The van der Waals surface area contributed by atoms with Crippen molar-refractivity contribution < 1.29 is 9.26 Å². The van der Waals surface area contributed by atoms with Crippen molar-refractivity contribution in [3.8, 4) is 5.88 Å². The summed E-state index contributed by atoms with van der Waals surface area (Å²) in [6, 6.07) is 5.83. The van der Waals surface area contributed by atoms with Crippen LogP contribution in [0, 0.1) is 0 Å². The molecule has 0 saturated heterocycles. The number of aliphatic imine (C=N–C) groups is 1. The Balaban J connectivity index is 1.97. The minimum Gasteiger partial charge on any atom is -0.481 e. The third-order valence-corrected chi connectivity index (χ3v) is 4.18. The Hall–Kier alpha value is -2.57. The van der Waals surface area contributed by atoms with Gasteiger partial charge in [0.05, 0.1) is 25.9 Å². The number of guanidine groups is 1. The lowest BCUT2D eigenvalue weighted by Crippen LogP contribution is -2.36. The number of ether oxygens (including phenoxy) is 1. The van der Waals surface area contributed by atoms with Gasteiger partial charge >= 0.3 is 0 Å². The molecule has 26 heavy (non-hydrogen) atoms. The minimum absolute atomic E-state index is 0.455. The zero-order valence-corrected chi connectivity index (χ0v) is 16.1. The highest BCUT2D eigenvalue weighted by atomic mass is 16.5. The van der Waals surface area contributed by atoms with Gasteiger partial charge in [0.15, 0.2) is 11.7 Å². The van der Waals surface area contributed by atoms with Crippen molar-refractivity contribution >= 4 is 5.96 Å². The normalized spacial score (nSPS) is 11.7. The van der Waals surface area contributed by atoms with E-state index in [1.807, 2.05) is 25.1 Å². The van der Waals surface area contributed by atoms with E-state index in [1.165, 1.54) is 0 Å². The van der Waals surface area contributed by atoms with Crippen molar-refractivity contribution in [1.82, 2.24) is 20.8 Å². The Labute approximate surface area is 155 Å².